The molecule has 106 valence electrons. The number of rotatable bonds is 5. The smallest absolute Gasteiger partial charge is 0.0410 e. The summed E-state index contributed by atoms with van der Waals surface area (Å²) in [5.41, 5.74) is 3.93. The van der Waals surface area contributed by atoms with E-state index in [1.54, 1.807) is 0 Å². The number of halogens is 1. The van der Waals surface area contributed by atoms with Crippen molar-refractivity contribution < 1.29 is 0 Å². The van der Waals surface area contributed by atoms with Gasteiger partial charge < -0.3 is 5.32 Å². The number of aromatic nitrogens is 1. The SMILES string of the molecule is CNC(Cc1cncc(Br)c1)c1ccc(C(C)C)cc1. The van der Waals surface area contributed by atoms with Gasteiger partial charge in [0, 0.05) is 22.9 Å². The van der Waals surface area contributed by atoms with E-state index in [-0.39, 0.29) is 0 Å². The number of hydrogen-bond donors (Lipinski definition) is 1. The third kappa shape index (κ3) is 3.90. The van der Waals surface area contributed by atoms with Gasteiger partial charge >= 0.3 is 0 Å². The quantitative estimate of drug-likeness (QED) is 0.873. The highest BCUT2D eigenvalue weighted by atomic mass is 79.9. The third-order valence-electron chi connectivity index (χ3n) is 3.56. The van der Waals surface area contributed by atoms with Gasteiger partial charge in [0.05, 0.1) is 0 Å². The van der Waals surface area contributed by atoms with Gasteiger partial charge in [-0.2, -0.15) is 0 Å². The molecule has 3 heteroatoms. The van der Waals surface area contributed by atoms with Crippen LogP contribution in [0.25, 0.3) is 0 Å². The van der Waals surface area contributed by atoms with E-state index in [1.807, 2.05) is 19.4 Å². The largest absolute Gasteiger partial charge is 0.313 e. The molecule has 1 heterocycles. The van der Waals surface area contributed by atoms with Gasteiger partial charge in [0.15, 0.2) is 0 Å². The summed E-state index contributed by atoms with van der Waals surface area (Å²) in [6, 6.07) is 11.3. The summed E-state index contributed by atoms with van der Waals surface area (Å²) in [6.45, 7) is 4.44. The first-order chi connectivity index (χ1) is 9.60. The van der Waals surface area contributed by atoms with E-state index in [0.717, 1.165) is 10.9 Å². The van der Waals surface area contributed by atoms with Crippen LogP contribution in [-0.2, 0) is 6.42 Å². The standard InChI is InChI=1S/C17H21BrN2/c1-12(2)14-4-6-15(7-5-14)17(19-3)9-13-8-16(18)11-20-10-13/h4-8,10-12,17,19H,9H2,1-3H3. The molecule has 0 aliphatic heterocycles. The van der Waals surface area contributed by atoms with Gasteiger partial charge in [-0.25, -0.2) is 0 Å². The molecular weight excluding hydrogens is 312 g/mol. The zero-order valence-corrected chi connectivity index (χ0v) is 13.8. The van der Waals surface area contributed by atoms with Crippen LogP contribution in [0.3, 0.4) is 0 Å². The predicted molar refractivity (Wildman–Crippen MR) is 88.0 cm³/mol. The predicted octanol–water partition coefficient (Wildman–Crippen LogP) is 4.47. The Balaban J connectivity index is 2.15. The van der Waals surface area contributed by atoms with Crippen LogP contribution in [0, 0.1) is 0 Å². The molecule has 20 heavy (non-hydrogen) atoms. The summed E-state index contributed by atoms with van der Waals surface area (Å²) in [6.07, 6.45) is 4.68. The second-order valence-electron chi connectivity index (χ2n) is 5.38. The first-order valence-electron chi connectivity index (χ1n) is 6.96. The average Bonchev–Trinajstić information content (AvgIpc) is 2.45. The van der Waals surface area contributed by atoms with E-state index in [1.165, 1.54) is 16.7 Å². The van der Waals surface area contributed by atoms with Crippen molar-refractivity contribution in [2.75, 3.05) is 7.05 Å². The monoisotopic (exact) mass is 332 g/mol. The molecule has 0 spiro atoms. The van der Waals surface area contributed by atoms with E-state index in [0.29, 0.717) is 12.0 Å². The molecule has 0 fully saturated rings. The van der Waals surface area contributed by atoms with Crippen molar-refractivity contribution in [3.8, 4) is 0 Å². The second kappa shape index (κ2) is 7.00. The van der Waals surface area contributed by atoms with Gasteiger partial charge in [0.1, 0.15) is 0 Å². The highest BCUT2D eigenvalue weighted by Gasteiger charge is 2.11. The molecular formula is C17H21BrN2. The molecule has 0 aliphatic rings. The third-order valence-corrected chi connectivity index (χ3v) is 3.99. The highest BCUT2D eigenvalue weighted by molar-refractivity contribution is 9.10. The van der Waals surface area contributed by atoms with Crippen molar-refractivity contribution in [3.05, 3.63) is 63.9 Å². The minimum atomic E-state index is 0.312. The Morgan fingerprint density at radius 1 is 1.10 bits per heavy atom. The minimum absolute atomic E-state index is 0.312. The van der Waals surface area contributed by atoms with Crippen molar-refractivity contribution in [1.29, 1.82) is 0 Å². The maximum atomic E-state index is 4.23. The lowest BCUT2D eigenvalue weighted by Crippen LogP contribution is -2.19. The normalized spacial score (nSPS) is 12.7. The van der Waals surface area contributed by atoms with E-state index >= 15 is 0 Å². The van der Waals surface area contributed by atoms with Crippen LogP contribution in [0.4, 0.5) is 0 Å². The molecule has 1 unspecified atom stereocenters. The molecule has 0 saturated carbocycles. The molecule has 1 atom stereocenters. The van der Waals surface area contributed by atoms with Gasteiger partial charge in [-0.15, -0.1) is 0 Å². The van der Waals surface area contributed by atoms with Gasteiger partial charge in [-0.3, -0.25) is 4.98 Å². The molecule has 0 radical (unpaired) electrons. The maximum Gasteiger partial charge on any atom is 0.0410 e. The minimum Gasteiger partial charge on any atom is -0.313 e. The number of benzene rings is 1. The topological polar surface area (TPSA) is 24.9 Å². The highest BCUT2D eigenvalue weighted by Crippen LogP contribution is 2.22. The van der Waals surface area contributed by atoms with Crippen molar-refractivity contribution in [3.63, 3.8) is 0 Å². The van der Waals surface area contributed by atoms with Gasteiger partial charge in [-0.1, -0.05) is 38.1 Å². The molecule has 2 aromatic rings. The number of likely N-dealkylation sites (N-methyl/N-ethyl adjacent to an activating group) is 1. The summed E-state index contributed by atoms with van der Waals surface area (Å²) in [5, 5.41) is 3.39. The van der Waals surface area contributed by atoms with Crippen molar-refractivity contribution in [2.45, 2.75) is 32.2 Å². The van der Waals surface area contributed by atoms with Crippen molar-refractivity contribution in [1.82, 2.24) is 10.3 Å². The van der Waals surface area contributed by atoms with Crippen LogP contribution in [-0.4, -0.2) is 12.0 Å². The van der Waals surface area contributed by atoms with E-state index < -0.39 is 0 Å². The Morgan fingerprint density at radius 2 is 1.75 bits per heavy atom. The Labute approximate surface area is 129 Å². The number of nitrogens with one attached hydrogen (secondary N) is 1. The summed E-state index contributed by atoms with van der Waals surface area (Å²) in [5.74, 6) is 0.575. The van der Waals surface area contributed by atoms with Crippen LogP contribution in [0.5, 0.6) is 0 Å². The molecule has 0 aliphatic carbocycles. The lowest BCUT2D eigenvalue weighted by atomic mass is 9.96. The molecule has 0 bridgehead atoms. The average molecular weight is 333 g/mol. The zero-order chi connectivity index (χ0) is 14.5. The van der Waals surface area contributed by atoms with E-state index in [2.05, 4.69) is 70.4 Å². The Kier molecular flexibility index (Phi) is 5.32. The summed E-state index contributed by atoms with van der Waals surface area (Å²) < 4.78 is 1.03. The lowest BCUT2D eigenvalue weighted by molar-refractivity contribution is 0.590. The fourth-order valence-corrected chi connectivity index (χ4v) is 2.72. The van der Waals surface area contributed by atoms with Gasteiger partial charge in [0.2, 0.25) is 0 Å². The van der Waals surface area contributed by atoms with Crippen LogP contribution in [0.1, 0.15) is 42.5 Å². The lowest BCUT2D eigenvalue weighted by Gasteiger charge is -2.17. The van der Waals surface area contributed by atoms with Crippen LogP contribution in [0.2, 0.25) is 0 Å². The number of hydrogen-bond acceptors (Lipinski definition) is 2. The number of nitrogens with zero attached hydrogens (tertiary/aromatic N) is 1. The molecule has 2 rings (SSSR count). The maximum absolute atomic E-state index is 4.23. The van der Waals surface area contributed by atoms with Crippen molar-refractivity contribution >= 4 is 15.9 Å². The van der Waals surface area contributed by atoms with Crippen LogP contribution >= 0.6 is 15.9 Å². The summed E-state index contributed by atoms with van der Waals surface area (Å²) in [7, 11) is 2.01. The van der Waals surface area contributed by atoms with E-state index in [9.17, 15) is 0 Å². The summed E-state index contributed by atoms with van der Waals surface area (Å²) in [4.78, 5) is 4.23. The number of pyridine rings is 1. The molecule has 0 saturated heterocycles. The van der Waals surface area contributed by atoms with Gasteiger partial charge in [-0.05, 0) is 58.1 Å². The zero-order valence-electron chi connectivity index (χ0n) is 12.2. The van der Waals surface area contributed by atoms with Crippen LogP contribution < -0.4 is 5.32 Å². The Hall–Kier alpha value is -1.19. The fourth-order valence-electron chi connectivity index (χ4n) is 2.30. The first-order valence-corrected chi connectivity index (χ1v) is 7.76. The second-order valence-corrected chi connectivity index (χ2v) is 6.29. The molecule has 1 aromatic heterocycles. The Bertz CT molecular complexity index is 549. The summed E-state index contributed by atoms with van der Waals surface area (Å²) >= 11 is 3.47. The molecule has 1 N–H and O–H groups in total. The Morgan fingerprint density at radius 3 is 2.30 bits per heavy atom. The van der Waals surface area contributed by atoms with Crippen molar-refractivity contribution in [2.24, 2.45) is 0 Å². The fraction of sp³-hybridized carbons (Fsp3) is 0.353. The molecule has 0 amide bonds. The van der Waals surface area contributed by atoms with E-state index in [4.69, 9.17) is 0 Å². The van der Waals surface area contributed by atoms with Gasteiger partial charge in [0.25, 0.3) is 0 Å². The van der Waals surface area contributed by atoms with Crippen LogP contribution in [0.15, 0.2) is 47.2 Å². The first kappa shape index (κ1) is 15.2. The molecule has 2 nitrogen and oxygen atoms in total. The molecule has 1 aromatic carbocycles.